The molecule has 0 heterocycles. The lowest BCUT2D eigenvalue weighted by Crippen LogP contribution is -2.39. The summed E-state index contributed by atoms with van der Waals surface area (Å²) in [6.45, 7) is 4.00. The predicted octanol–water partition coefficient (Wildman–Crippen LogP) is 2.83. The van der Waals surface area contributed by atoms with E-state index in [1.807, 2.05) is 13.8 Å². The summed E-state index contributed by atoms with van der Waals surface area (Å²) in [5.74, 6) is 0. The summed E-state index contributed by atoms with van der Waals surface area (Å²) in [4.78, 5) is 0.390. The Morgan fingerprint density at radius 2 is 1.68 bits per heavy atom. The van der Waals surface area contributed by atoms with Gasteiger partial charge in [-0.1, -0.05) is 19.3 Å². The molecule has 0 saturated heterocycles. The molecule has 3 nitrogen and oxygen atoms in total. The molecule has 0 bridgehead atoms. The fourth-order valence-corrected chi connectivity index (χ4v) is 3.73. The van der Waals surface area contributed by atoms with Gasteiger partial charge in [-0.15, -0.1) is 0 Å². The van der Waals surface area contributed by atoms with Crippen molar-refractivity contribution in [2.24, 2.45) is 5.73 Å². The molecule has 106 valence electrons. The Morgan fingerprint density at radius 1 is 1.11 bits per heavy atom. The highest BCUT2D eigenvalue weighted by molar-refractivity contribution is 7.90. The third-order valence-electron chi connectivity index (χ3n) is 4.35. The first-order valence-corrected chi connectivity index (χ1v) is 8.74. The van der Waals surface area contributed by atoms with Crippen LogP contribution in [0.5, 0.6) is 0 Å². The molecule has 1 saturated carbocycles. The molecule has 0 radical (unpaired) electrons. The second kappa shape index (κ2) is 4.91. The van der Waals surface area contributed by atoms with Crippen LogP contribution in [0.1, 0.15) is 48.8 Å². The van der Waals surface area contributed by atoms with Crippen LogP contribution >= 0.6 is 0 Å². The molecule has 2 rings (SSSR count). The van der Waals surface area contributed by atoms with Gasteiger partial charge in [0, 0.05) is 11.8 Å². The van der Waals surface area contributed by atoms with Gasteiger partial charge in [-0.3, -0.25) is 0 Å². The van der Waals surface area contributed by atoms with E-state index in [2.05, 4.69) is 0 Å². The van der Waals surface area contributed by atoms with Gasteiger partial charge in [0.15, 0.2) is 9.84 Å². The van der Waals surface area contributed by atoms with E-state index < -0.39 is 9.84 Å². The van der Waals surface area contributed by atoms with E-state index in [0.29, 0.717) is 4.90 Å². The fraction of sp³-hybridized carbons (Fsp3) is 0.600. The Bertz CT molecular complexity index is 584. The number of benzene rings is 1. The van der Waals surface area contributed by atoms with Crippen LogP contribution < -0.4 is 5.73 Å². The van der Waals surface area contributed by atoms with Crippen LogP contribution in [0.2, 0.25) is 0 Å². The Kier molecular flexibility index (Phi) is 3.76. The van der Waals surface area contributed by atoms with Crippen LogP contribution in [-0.2, 0) is 15.4 Å². The minimum Gasteiger partial charge on any atom is -0.321 e. The number of nitrogens with two attached hydrogens (primary N) is 1. The molecule has 1 fully saturated rings. The van der Waals surface area contributed by atoms with Crippen LogP contribution in [0, 0.1) is 13.8 Å². The van der Waals surface area contributed by atoms with E-state index in [1.54, 1.807) is 12.1 Å². The lowest BCUT2D eigenvalue weighted by Gasteiger charge is -2.35. The first kappa shape index (κ1) is 14.5. The Balaban J connectivity index is 2.59. The zero-order valence-electron chi connectivity index (χ0n) is 12.0. The zero-order chi connectivity index (χ0) is 14.3. The maximum absolute atomic E-state index is 11.8. The molecular weight excluding hydrogens is 258 g/mol. The second-order valence-electron chi connectivity index (χ2n) is 5.90. The summed E-state index contributed by atoms with van der Waals surface area (Å²) in [5.41, 5.74) is 9.38. The molecular formula is C15H23NO2S. The molecule has 1 aromatic carbocycles. The topological polar surface area (TPSA) is 60.2 Å². The third kappa shape index (κ3) is 2.84. The number of hydrogen-bond acceptors (Lipinski definition) is 3. The van der Waals surface area contributed by atoms with Gasteiger partial charge < -0.3 is 5.73 Å². The number of sulfone groups is 1. The van der Waals surface area contributed by atoms with E-state index >= 15 is 0 Å². The predicted molar refractivity (Wildman–Crippen MR) is 78.0 cm³/mol. The fourth-order valence-electron chi connectivity index (χ4n) is 3.01. The molecule has 4 heteroatoms. The summed E-state index contributed by atoms with van der Waals surface area (Å²) >= 11 is 0. The molecule has 2 N–H and O–H groups in total. The summed E-state index contributed by atoms with van der Waals surface area (Å²) in [5, 5.41) is 0. The first-order valence-electron chi connectivity index (χ1n) is 6.85. The monoisotopic (exact) mass is 281 g/mol. The second-order valence-corrected chi connectivity index (χ2v) is 7.92. The van der Waals surface area contributed by atoms with Crippen LogP contribution in [0.25, 0.3) is 0 Å². The third-order valence-corrected chi connectivity index (χ3v) is 5.44. The minimum absolute atomic E-state index is 0.353. The van der Waals surface area contributed by atoms with Crippen LogP contribution in [0.15, 0.2) is 17.0 Å². The maximum Gasteiger partial charge on any atom is 0.175 e. The van der Waals surface area contributed by atoms with Crippen molar-refractivity contribution >= 4 is 9.84 Å². The zero-order valence-corrected chi connectivity index (χ0v) is 12.8. The lowest BCUT2D eigenvalue weighted by atomic mass is 9.75. The van der Waals surface area contributed by atoms with Gasteiger partial charge in [0.1, 0.15) is 0 Å². The highest BCUT2D eigenvalue weighted by Gasteiger charge is 2.32. The van der Waals surface area contributed by atoms with Crippen LogP contribution in [-0.4, -0.2) is 14.7 Å². The van der Waals surface area contributed by atoms with E-state index in [4.69, 9.17) is 5.73 Å². The molecule has 0 unspecified atom stereocenters. The number of hydrogen-bond donors (Lipinski definition) is 1. The highest BCUT2D eigenvalue weighted by atomic mass is 32.2. The molecule has 0 atom stereocenters. The highest BCUT2D eigenvalue weighted by Crippen LogP contribution is 2.38. The van der Waals surface area contributed by atoms with Gasteiger partial charge in [0.25, 0.3) is 0 Å². The largest absolute Gasteiger partial charge is 0.321 e. The van der Waals surface area contributed by atoms with Gasteiger partial charge in [-0.05, 0) is 55.5 Å². The standard InChI is InChI=1S/C15H23NO2S/c1-11-9-13(19(3,17)18)10-14(12(11)2)15(16)7-5-4-6-8-15/h9-10H,4-8,16H2,1-3H3. The molecule has 0 amide bonds. The van der Waals surface area contributed by atoms with Gasteiger partial charge in [-0.25, -0.2) is 8.42 Å². The molecule has 1 aliphatic carbocycles. The van der Waals surface area contributed by atoms with Gasteiger partial charge in [0.05, 0.1) is 4.90 Å². The average Bonchev–Trinajstić information content (AvgIpc) is 2.31. The van der Waals surface area contributed by atoms with Gasteiger partial charge in [-0.2, -0.15) is 0 Å². The van der Waals surface area contributed by atoms with Crippen molar-refractivity contribution in [2.75, 3.05) is 6.26 Å². The summed E-state index contributed by atoms with van der Waals surface area (Å²) < 4.78 is 23.6. The number of rotatable bonds is 2. The van der Waals surface area contributed by atoms with E-state index in [0.717, 1.165) is 42.4 Å². The van der Waals surface area contributed by atoms with Crippen molar-refractivity contribution in [3.63, 3.8) is 0 Å². The van der Waals surface area contributed by atoms with Crippen molar-refractivity contribution in [1.29, 1.82) is 0 Å². The summed E-state index contributed by atoms with van der Waals surface area (Å²) in [6.07, 6.45) is 6.62. The quantitative estimate of drug-likeness (QED) is 0.906. The van der Waals surface area contributed by atoms with Crippen molar-refractivity contribution < 1.29 is 8.42 Å². The van der Waals surface area contributed by atoms with E-state index in [9.17, 15) is 8.42 Å². The Morgan fingerprint density at radius 3 is 2.21 bits per heavy atom. The summed E-state index contributed by atoms with van der Waals surface area (Å²) in [6, 6.07) is 3.54. The van der Waals surface area contributed by atoms with Crippen molar-refractivity contribution in [2.45, 2.75) is 56.4 Å². The molecule has 0 aromatic heterocycles. The molecule has 19 heavy (non-hydrogen) atoms. The molecule has 1 aliphatic rings. The smallest absolute Gasteiger partial charge is 0.175 e. The van der Waals surface area contributed by atoms with Crippen LogP contribution in [0.3, 0.4) is 0 Å². The van der Waals surface area contributed by atoms with E-state index in [1.165, 1.54) is 12.7 Å². The van der Waals surface area contributed by atoms with Gasteiger partial charge >= 0.3 is 0 Å². The van der Waals surface area contributed by atoms with Crippen molar-refractivity contribution in [3.05, 3.63) is 28.8 Å². The maximum atomic E-state index is 11.8. The molecule has 0 aliphatic heterocycles. The minimum atomic E-state index is -3.19. The van der Waals surface area contributed by atoms with Crippen molar-refractivity contribution in [3.8, 4) is 0 Å². The first-order chi connectivity index (χ1) is 8.74. The summed E-state index contributed by atoms with van der Waals surface area (Å²) in [7, 11) is -3.19. The Hall–Kier alpha value is -0.870. The van der Waals surface area contributed by atoms with Gasteiger partial charge in [0.2, 0.25) is 0 Å². The van der Waals surface area contributed by atoms with Crippen LogP contribution in [0.4, 0.5) is 0 Å². The molecule has 0 spiro atoms. The average molecular weight is 281 g/mol. The SMILES string of the molecule is Cc1cc(S(C)(=O)=O)cc(C2(N)CCCCC2)c1C. The Labute approximate surface area is 116 Å². The van der Waals surface area contributed by atoms with E-state index in [-0.39, 0.29) is 5.54 Å². The van der Waals surface area contributed by atoms with Crippen molar-refractivity contribution in [1.82, 2.24) is 0 Å². The lowest BCUT2D eigenvalue weighted by molar-refractivity contribution is 0.300. The molecule has 1 aromatic rings. The number of aryl methyl sites for hydroxylation is 1. The normalized spacial score (nSPS) is 19.4.